The molecule has 0 bridgehead atoms. The van der Waals surface area contributed by atoms with Gasteiger partial charge in [-0.2, -0.15) is 0 Å². The Morgan fingerprint density at radius 1 is 1.00 bits per heavy atom. The number of fused-ring (bicyclic) bond motifs is 1. The number of ether oxygens (including phenoxy) is 1. The molecule has 0 radical (unpaired) electrons. The lowest BCUT2D eigenvalue weighted by Gasteiger charge is -2.36. The van der Waals surface area contributed by atoms with E-state index in [0.29, 0.717) is 0 Å². The maximum Gasteiger partial charge on any atom is 0.121 e. The van der Waals surface area contributed by atoms with Crippen molar-refractivity contribution in [2.75, 3.05) is 49.5 Å². The number of benzene rings is 2. The van der Waals surface area contributed by atoms with Gasteiger partial charge in [0.15, 0.2) is 0 Å². The maximum absolute atomic E-state index is 6.33. The van der Waals surface area contributed by atoms with Gasteiger partial charge in [-0.3, -0.25) is 4.90 Å². The summed E-state index contributed by atoms with van der Waals surface area (Å²) in [5, 5.41) is 4.22. The predicted octanol–water partition coefficient (Wildman–Crippen LogP) is 5.19. The van der Waals surface area contributed by atoms with Gasteiger partial charge < -0.3 is 15.0 Å². The van der Waals surface area contributed by atoms with Gasteiger partial charge in [0.25, 0.3) is 0 Å². The van der Waals surface area contributed by atoms with Crippen molar-refractivity contribution >= 4 is 23.0 Å². The topological polar surface area (TPSA) is 27.7 Å². The molecule has 0 saturated carbocycles. The molecule has 29 heavy (non-hydrogen) atoms. The highest BCUT2D eigenvalue weighted by atomic mass is 35.5. The lowest BCUT2D eigenvalue weighted by molar-refractivity contribution is 0.238. The lowest BCUT2D eigenvalue weighted by Crippen LogP contribution is -2.46. The van der Waals surface area contributed by atoms with Gasteiger partial charge >= 0.3 is 0 Å². The zero-order valence-electron chi connectivity index (χ0n) is 17.0. The average molecular weight is 412 g/mol. The number of allylic oxidation sites excluding steroid dienone is 1. The summed E-state index contributed by atoms with van der Waals surface area (Å²) in [6.07, 6.45) is 4.30. The molecule has 1 fully saturated rings. The molecule has 4 rings (SSSR count). The van der Waals surface area contributed by atoms with Crippen molar-refractivity contribution in [3.63, 3.8) is 0 Å². The molecule has 0 spiro atoms. The highest BCUT2D eigenvalue weighted by Crippen LogP contribution is 2.30. The largest absolute Gasteiger partial charge is 0.494 e. The number of halogens is 1. The molecule has 154 valence electrons. The van der Waals surface area contributed by atoms with E-state index in [0.717, 1.165) is 92.9 Å². The third kappa shape index (κ3) is 5.26. The number of aryl methyl sites for hydroxylation is 1. The van der Waals surface area contributed by atoms with Crippen molar-refractivity contribution in [3.05, 3.63) is 65.3 Å². The van der Waals surface area contributed by atoms with Crippen LogP contribution in [-0.4, -0.2) is 44.2 Å². The molecule has 0 amide bonds. The molecule has 2 aliphatic rings. The van der Waals surface area contributed by atoms with Gasteiger partial charge in [0.05, 0.1) is 17.3 Å². The summed E-state index contributed by atoms with van der Waals surface area (Å²) in [7, 11) is 0. The molecule has 5 heteroatoms. The number of unbranched alkanes of at least 4 members (excludes halogenated alkanes) is 1. The molecular weight excluding hydrogens is 382 g/mol. The lowest BCUT2D eigenvalue weighted by atomic mass is 10.0. The zero-order valence-corrected chi connectivity index (χ0v) is 17.8. The summed E-state index contributed by atoms with van der Waals surface area (Å²) in [4.78, 5) is 4.93. The van der Waals surface area contributed by atoms with Gasteiger partial charge in [0.1, 0.15) is 5.75 Å². The normalized spacial score (nSPS) is 17.0. The Balaban J connectivity index is 1.14. The SMILES string of the molecule is C=C1CCc2ccc(OCCCCN3CCN(c4ccccc4Cl)CC3)cc2N1. The fourth-order valence-electron chi connectivity index (χ4n) is 4.07. The van der Waals surface area contributed by atoms with E-state index < -0.39 is 0 Å². The minimum Gasteiger partial charge on any atom is -0.494 e. The fourth-order valence-corrected chi connectivity index (χ4v) is 4.32. The Labute approximate surface area is 179 Å². The third-order valence-electron chi connectivity index (χ3n) is 5.79. The Morgan fingerprint density at radius 2 is 1.83 bits per heavy atom. The molecule has 2 heterocycles. The molecule has 1 N–H and O–H groups in total. The Bertz CT molecular complexity index is 846. The van der Waals surface area contributed by atoms with Crippen LogP contribution in [0.1, 0.15) is 24.8 Å². The Morgan fingerprint density at radius 3 is 2.66 bits per heavy atom. The Kier molecular flexibility index (Phi) is 6.63. The monoisotopic (exact) mass is 411 g/mol. The minimum absolute atomic E-state index is 0.763. The molecule has 2 aromatic rings. The van der Waals surface area contributed by atoms with Gasteiger partial charge in [-0.05, 0) is 56.0 Å². The molecule has 2 aliphatic heterocycles. The molecule has 1 saturated heterocycles. The second-order valence-corrected chi connectivity index (χ2v) is 8.29. The van der Waals surface area contributed by atoms with E-state index in [4.69, 9.17) is 16.3 Å². The van der Waals surface area contributed by atoms with Crippen LogP contribution in [0.4, 0.5) is 11.4 Å². The van der Waals surface area contributed by atoms with Crippen LogP contribution in [0.25, 0.3) is 0 Å². The summed E-state index contributed by atoms with van der Waals surface area (Å²) in [5.74, 6) is 0.944. The first-order valence-electron chi connectivity index (χ1n) is 10.6. The van der Waals surface area contributed by atoms with E-state index in [1.165, 1.54) is 5.56 Å². The number of nitrogens with zero attached hydrogens (tertiary/aromatic N) is 2. The molecule has 0 atom stereocenters. The quantitative estimate of drug-likeness (QED) is 0.634. The number of rotatable bonds is 7. The van der Waals surface area contributed by atoms with Crippen LogP contribution in [0.2, 0.25) is 5.02 Å². The van der Waals surface area contributed by atoms with Crippen molar-refractivity contribution in [3.8, 4) is 5.75 Å². The van der Waals surface area contributed by atoms with Crippen LogP contribution >= 0.6 is 11.6 Å². The van der Waals surface area contributed by atoms with E-state index >= 15 is 0 Å². The number of nitrogens with one attached hydrogen (secondary N) is 1. The minimum atomic E-state index is 0.763. The van der Waals surface area contributed by atoms with Gasteiger partial charge in [0, 0.05) is 43.6 Å². The van der Waals surface area contributed by atoms with Crippen LogP contribution in [0.3, 0.4) is 0 Å². The second-order valence-electron chi connectivity index (χ2n) is 7.88. The zero-order chi connectivity index (χ0) is 20.1. The van der Waals surface area contributed by atoms with Gasteiger partial charge in [-0.1, -0.05) is 36.4 Å². The number of hydrogen-bond donors (Lipinski definition) is 1. The van der Waals surface area contributed by atoms with Crippen molar-refractivity contribution in [1.82, 2.24) is 4.90 Å². The second kappa shape index (κ2) is 9.55. The maximum atomic E-state index is 6.33. The first kappa shape index (κ1) is 20.1. The van der Waals surface area contributed by atoms with Crippen molar-refractivity contribution in [2.24, 2.45) is 0 Å². The van der Waals surface area contributed by atoms with Crippen LogP contribution in [0, 0.1) is 0 Å². The molecule has 2 aromatic carbocycles. The van der Waals surface area contributed by atoms with Gasteiger partial charge in [-0.25, -0.2) is 0 Å². The van der Waals surface area contributed by atoms with E-state index in [-0.39, 0.29) is 0 Å². The smallest absolute Gasteiger partial charge is 0.121 e. The fraction of sp³-hybridized carbons (Fsp3) is 0.417. The van der Waals surface area contributed by atoms with Crippen molar-refractivity contribution in [2.45, 2.75) is 25.7 Å². The number of hydrogen-bond acceptors (Lipinski definition) is 4. The van der Waals surface area contributed by atoms with E-state index in [2.05, 4.69) is 52.0 Å². The number of para-hydroxylation sites is 1. The summed E-state index contributed by atoms with van der Waals surface area (Å²) in [5.41, 5.74) is 4.74. The number of anilines is 2. The molecule has 0 aromatic heterocycles. The first-order valence-corrected chi connectivity index (χ1v) is 11.0. The molecule has 0 unspecified atom stereocenters. The highest BCUT2D eigenvalue weighted by Gasteiger charge is 2.18. The van der Waals surface area contributed by atoms with Crippen LogP contribution in [0.15, 0.2) is 54.7 Å². The average Bonchev–Trinajstić information content (AvgIpc) is 2.74. The summed E-state index contributed by atoms with van der Waals surface area (Å²) in [6.45, 7) is 10.2. The molecule has 4 nitrogen and oxygen atoms in total. The number of piperazine rings is 1. The first-order chi connectivity index (χ1) is 14.2. The van der Waals surface area contributed by atoms with Gasteiger partial charge in [-0.15, -0.1) is 0 Å². The van der Waals surface area contributed by atoms with Crippen molar-refractivity contribution in [1.29, 1.82) is 0 Å². The van der Waals surface area contributed by atoms with Gasteiger partial charge in [0.2, 0.25) is 0 Å². The standard InChI is InChI=1S/C24H30ClN3O/c1-19-8-9-20-10-11-21(18-23(20)26-19)29-17-5-4-12-27-13-15-28(16-14-27)24-7-3-2-6-22(24)25/h2-3,6-7,10-11,18,26H,1,4-5,8-9,12-17H2. The van der Waals surface area contributed by atoms with E-state index in [1.54, 1.807) is 0 Å². The molecular formula is C24H30ClN3O. The third-order valence-corrected chi connectivity index (χ3v) is 6.11. The van der Waals surface area contributed by atoms with Crippen LogP contribution in [-0.2, 0) is 6.42 Å². The summed E-state index contributed by atoms with van der Waals surface area (Å²) >= 11 is 6.33. The van der Waals surface area contributed by atoms with Crippen LogP contribution < -0.4 is 15.0 Å². The predicted molar refractivity (Wildman–Crippen MR) is 122 cm³/mol. The van der Waals surface area contributed by atoms with Crippen LogP contribution in [0.5, 0.6) is 5.75 Å². The summed E-state index contributed by atoms with van der Waals surface area (Å²) in [6, 6.07) is 14.5. The highest BCUT2D eigenvalue weighted by molar-refractivity contribution is 6.33. The van der Waals surface area contributed by atoms with E-state index in [1.807, 2.05) is 12.1 Å². The van der Waals surface area contributed by atoms with E-state index in [9.17, 15) is 0 Å². The molecule has 0 aliphatic carbocycles. The van der Waals surface area contributed by atoms with Crippen molar-refractivity contribution < 1.29 is 4.74 Å². The Hall–Kier alpha value is -2.17. The summed E-state index contributed by atoms with van der Waals surface area (Å²) < 4.78 is 5.97.